The fraction of sp³-hybridized carbons (Fsp3) is 0.310. The Morgan fingerprint density at radius 3 is 2.21 bits per heavy atom. The number of rotatable bonds is 13. The minimum absolute atomic E-state index is 0.221. The zero-order valence-electron chi connectivity index (χ0n) is 22.0. The van der Waals surface area contributed by atoms with Gasteiger partial charge in [0.15, 0.2) is 18.1 Å². The van der Waals surface area contributed by atoms with Gasteiger partial charge in [0.1, 0.15) is 17.5 Å². The first-order chi connectivity index (χ1) is 18.4. The van der Waals surface area contributed by atoms with E-state index < -0.39 is 6.04 Å². The van der Waals surface area contributed by atoms with E-state index in [0.717, 1.165) is 11.1 Å². The molecule has 0 spiro atoms. The number of ether oxygens (including phenoxy) is 4. The monoisotopic (exact) mass is 540 g/mol. The quantitative estimate of drug-likeness (QED) is 0.343. The minimum Gasteiger partial charge on any atom is -0.497 e. The van der Waals surface area contributed by atoms with E-state index >= 15 is 0 Å². The van der Waals surface area contributed by atoms with Gasteiger partial charge in [-0.3, -0.25) is 9.59 Å². The highest BCUT2D eigenvalue weighted by molar-refractivity contribution is 6.32. The van der Waals surface area contributed by atoms with Crippen LogP contribution in [0.2, 0.25) is 5.02 Å². The van der Waals surface area contributed by atoms with Crippen LogP contribution in [-0.4, -0.2) is 57.2 Å². The molecule has 0 fully saturated rings. The molecule has 0 aliphatic carbocycles. The Kier molecular flexibility index (Phi) is 10.7. The predicted molar refractivity (Wildman–Crippen MR) is 146 cm³/mol. The van der Waals surface area contributed by atoms with Gasteiger partial charge in [0.05, 0.1) is 26.4 Å². The fourth-order valence-corrected chi connectivity index (χ4v) is 4.00. The third kappa shape index (κ3) is 7.79. The van der Waals surface area contributed by atoms with Gasteiger partial charge in [-0.05, 0) is 60.9 Å². The van der Waals surface area contributed by atoms with E-state index in [2.05, 4.69) is 5.32 Å². The third-order valence-corrected chi connectivity index (χ3v) is 6.34. The van der Waals surface area contributed by atoms with Crippen LogP contribution in [-0.2, 0) is 22.6 Å². The van der Waals surface area contributed by atoms with Gasteiger partial charge in [-0.15, -0.1) is 0 Å². The lowest BCUT2D eigenvalue weighted by Crippen LogP contribution is -2.49. The molecule has 202 valence electrons. The molecule has 0 radical (unpaired) electrons. The number of para-hydroxylation sites is 1. The third-order valence-electron chi connectivity index (χ3n) is 6.03. The maximum absolute atomic E-state index is 13.3. The van der Waals surface area contributed by atoms with Crippen LogP contribution < -0.4 is 24.3 Å². The molecule has 0 heterocycles. The lowest BCUT2D eigenvalue weighted by atomic mass is 10.1. The largest absolute Gasteiger partial charge is 0.497 e. The number of nitrogens with one attached hydrogen (secondary N) is 1. The zero-order valence-corrected chi connectivity index (χ0v) is 22.8. The highest BCUT2D eigenvalue weighted by Gasteiger charge is 2.26. The van der Waals surface area contributed by atoms with Crippen molar-refractivity contribution in [3.8, 4) is 23.0 Å². The van der Waals surface area contributed by atoms with Crippen LogP contribution in [0.1, 0.15) is 18.1 Å². The van der Waals surface area contributed by atoms with Crippen molar-refractivity contribution in [3.63, 3.8) is 0 Å². The summed E-state index contributed by atoms with van der Waals surface area (Å²) in [5.74, 6) is 1.75. The van der Waals surface area contributed by atoms with Crippen molar-refractivity contribution < 1.29 is 28.5 Å². The van der Waals surface area contributed by atoms with Crippen molar-refractivity contribution in [1.82, 2.24) is 10.2 Å². The number of halogens is 1. The number of amides is 2. The van der Waals surface area contributed by atoms with E-state index in [4.69, 9.17) is 30.5 Å². The first kappa shape index (κ1) is 28.7. The van der Waals surface area contributed by atoms with Gasteiger partial charge in [-0.25, -0.2) is 0 Å². The van der Waals surface area contributed by atoms with E-state index in [0.29, 0.717) is 41.0 Å². The molecule has 0 saturated heterocycles. The van der Waals surface area contributed by atoms with Crippen molar-refractivity contribution >= 4 is 23.4 Å². The molecule has 9 heteroatoms. The molecule has 1 atom stereocenters. The summed E-state index contributed by atoms with van der Waals surface area (Å²) in [5.41, 5.74) is 1.83. The average Bonchev–Trinajstić information content (AvgIpc) is 2.95. The SMILES string of the molecule is COc1ccc(CN(C(=O)COc2ccccc2Cl)[C@H](C)C(=O)NCCc2ccc(OC)c(OC)c2)cc1. The topological polar surface area (TPSA) is 86.3 Å². The molecule has 3 aromatic carbocycles. The highest BCUT2D eigenvalue weighted by atomic mass is 35.5. The summed E-state index contributed by atoms with van der Waals surface area (Å²) in [4.78, 5) is 27.8. The summed E-state index contributed by atoms with van der Waals surface area (Å²) < 4.78 is 21.5. The molecule has 3 aromatic rings. The van der Waals surface area contributed by atoms with Gasteiger partial charge in [-0.2, -0.15) is 0 Å². The first-order valence-electron chi connectivity index (χ1n) is 12.1. The Balaban J connectivity index is 1.67. The maximum Gasteiger partial charge on any atom is 0.261 e. The standard InChI is InChI=1S/C29H33ClN2O6/c1-20(29(34)31-16-15-21-11-14-26(36-3)27(17-21)37-4)32(18-22-9-12-23(35-2)13-10-22)28(33)19-38-25-8-6-5-7-24(25)30/h5-14,17,20H,15-16,18-19H2,1-4H3,(H,31,34)/t20-/m1/s1. The molecule has 0 aliphatic rings. The van der Waals surface area contributed by atoms with E-state index in [1.54, 1.807) is 52.5 Å². The summed E-state index contributed by atoms with van der Waals surface area (Å²) in [6.07, 6.45) is 0.584. The molecule has 0 bridgehead atoms. The van der Waals surface area contributed by atoms with Gasteiger partial charge < -0.3 is 29.2 Å². The van der Waals surface area contributed by atoms with Gasteiger partial charge in [0.2, 0.25) is 5.91 Å². The van der Waals surface area contributed by atoms with E-state index in [1.165, 1.54) is 4.90 Å². The number of hydrogen-bond donors (Lipinski definition) is 1. The summed E-state index contributed by atoms with van der Waals surface area (Å²) in [5, 5.41) is 3.34. The van der Waals surface area contributed by atoms with Crippen molar-refractivity contribution in [2.24, 2.45) is 0 Å². The van der Waals surface area contributed by atoms with Gasteiger partial charge >= 0.3 is 0 Å². The number of methoxy groups -OCH3 is 3. The minimum atomic E-state index is -0.746. The predicted octanol–water partition coefficient (Wildman–Crippen LogP) is 4.52. The molecule has 0 aromatic heterocycles. The van der Waals surface area contributed by atoms with Crippen LogP contribution in [0.5, 0.6) is 23.0 Å². The van der Waals surface area contributed by atoms with E-state index in [1.807, 2.05) is 42.5 Å². The summed E-state index contributed by atoms with van der Waals surface area (Å²) in [7, 11) is 4.75. The number of benzene rings is 3. The van der Waals surface area contributed by atoms with Crippen molar-refractivity contribution in [2.75, 3.05) is 34.5 Å². The van der Waals surface area contributed by atoms with Crippen LogP contribution in [0.4, 0.5) is 0 Å². The van der Waals surface area contributed by atoms with Crippen LogP contribution in [0.3, 0.4) is 0 Å². The number of carbonyl (C=O) groups is 2. The van der Waals surface area contributed by atoms with Crippen LogP contribution >= 0.6 is 11.6 Å². The first-order valence-corrected chi connectivity index (χ1v) is 12.5. The number of nitrogens with zero attached hydrogens (tertiary/aromatic N) is 1. The van der Waals surface area contributed by atoms with Gasteiger partial charge in [0.25, 0.3) is 5.91 Å². The number of hydrogen-bond acceptors (Lipinski definition) is 6. The highest BCUT2D eigenvalue weighted by Crippen LogP contribution is 2.27. The molecule has 0 unspecified atom stereocenters. The second kappa shape index (κ2) is 14.1. The second-order valence-electron chi connectivity index (χ2n) is 8.50. The summed E-state index contributed by atoms with van der Waals surface area (Å²) in [6.45, 7) is 2.05. The summed E-state index contributed by atoms with van der Waals surface area (Å²) >= 11 is 6.16. The molecule has 8 nitrogen and oxygen atoms in total. The van der Waals surface area contributed by atoms with E-state index in [9.17, 15) is 9.59 Å². The van der Waals surface area contributed by atoms with Crippen LogP contribution in [0.25, 0.3) is 0 Å². The van der Waals surface area contributed by atoms with E-state index in [-0.39, 0.29) is 25.0 Å². The van der Waals surface area contributed by atoms with Crippen LogP contribution in [0, 0.1) is 0 Å². The molecule has 1 N–H and O–H groups in total. The molecule has 0 saturated carbocycles. The van der Waals surface area contributed by atoms with Gasteiger partial charge in [0, 0.05) is 13.1 Å². The lowest BCUT2D eigenvalue weighted by molar-refractivity contribution is -0.142. The van der Waals surface area contributed by atoms with Crippen LogP contribution in [0.15, 0.2) is 66.7 Å². The lowest BCUT2D eigenvalue weighted by Gasteiger charge is -2.29. The Bertz CT molecular complexity index is 1220. The Morgan fingerprint density at radius 2 is 1.55 bits per heavy atom. The Hall–Kier alpha value is -3.91. The van der Waals surface area contributed by atoms with Crippen molar-refractivity contribution in [2.45, 2.75) is 25.9 Å². The van der Waals surface area contributed by atoms with Crippen molar-refractivity contribution in [3.05, 3.63) is 82.9 Å². The smallest absolute Gasteiger partial charge is 0.261 e. The molecule has 0 aliphatic heterocycles. The molecule has 38 heavy (non-hydrogen) atoms. The second-order valence-corrected chi connectivity index (χ2v) is 8.90. The fourth-order valence-electron chi connectivity index (χ4n) is 3.81. The van der Waals surface area contributed by atoms with Gasteiger partial charge in [-0.1, -0.05) is 41.9 Å². The Labute approximate surface area is 228 Å². The molecule has 2 amide bonds. The number of carbonyl (C=O) groups excluding carboxylic acids is 2. The molecular weight excluding hydrogens is 508 g/mol. The normalized spacial score (nSPS) is 11.3. The molecule has 3 rings (SSSR count). The zero-order chi connectivity index (χ0) is 27.5. The summed E-state index contributed by atoms with van der Waals surface area (Å²) in [6, 6.07) is 19.1. The average molecular weight is 541 g/mol. The maximum atomic E-state index is 13.3. The molecular formula is C29H33ClN2O6. The Morgan fingerprint density at radius 1 is 0.868 bits per heavy atom. The van der Waals surface area contributed by atoms with Crippen molar-refractivity contribution in [1.29, 1.82) is 0 Å².